The van der Waals surface area contributed by atoms with Gasteiger partial charge in [-0.2, -0.15) is 0 Å². The lowest BCUT2D eigenvalue weighted by Crippen LogP contribution is -2.50. The molecule has 0 aromatic carbocycles. The highest BCUT2D eigenvalue weighted by Crippen LogP contribution is 2.38. The topological polar surface area (TPSA) is 146 Å². The molecular weight excluding hydrogens is 418 g/mol. The van der Waals surface area contributed by atoms with Crippen LogP contribution in [0.5, 0.6) is 0 Å². The molecule has 9 nitrogen and oxygen atoms in total. The molecule has 2 fully saturated rings. The summed E-state index contributed by atoms with van der Waals surface area (Å²) in [6.45, 7) is 5.89. The first kappa shape index (κ1) is 24.9. The number of aryl methyl sites for hydroxylation is 1. The van der Waals surface area contributed by atoms with Crippen LogP contribution in [0.4, 0.5) is 0 Å². The smallest absolute Gasteiger partial charge is 0.303 e. The van der Waals surface area contributed by atoms with Crippen molar-refractivity contribution in [2.75, 3.05) is 6.61 Å². The van der Waals surface area contributed by atoms with Gasteiger partial charge in [0.15, 0.2) is 0 Å². The summed E-state index contributed by atoms with van der Waals surface area (Å²) in [5.74, 6) is 0.0142. The highest BCUT2D eigenvalue weighted by molar-refractivity contribution is 5.66. The molecule has 0 bridgehead atoms. The van der Waals surface area contributed by atoms with E-state index in [9.17, 15) is 20.1 Å². The van der Waals surface area contributed by atoms with Crippen LogP contribution >= 0.6 is 0 Å². The van der Waals surface area contributed by atoms with Crippen LogP contribution in [0.2, 0.25) is 0 Å². The van der Waals surface area contributed by atoms with E-state index < -0.39 is 30.4 Å². The van der Waals surface area contributed by atoms with Crippen LogP contribution in [-0.2, 0) is 20.7 Å². The van der Waals surface area contributed by atoms with Crippen molar-refractivity contribution in [2.45, 2.75) is 89.5 Å². The summed E-state index contributed by atoms with van der Waals surface area (Å²) in [4.78, 5) is 14.8. The first-order valence-corrected chi connectivity index (χ1v) is 11.3. The Bertz CT molecular complexity index is 791. The van der Waals surface area contributed by atoms with Gasteiger partial charge in [0, 0.05) is 24.7 Å². The molecule has 1 aromatic rings. The Kier molecular flexibility index (Phi) is 8.46. The second-order valence-electron chi connectivity index (χ2n) is 9.19. The fraction of sp³-hybridized carbons (Fsp3) is 0.739. The molecule has 0 aliphatic carbocycles. The second kappa shape index (κ2) is 10.9. The number of epoxide rings is 1. The molecule has 2 aliphatic heterocycles. The van der Waals surface area contributed by atoms with Gasteiger partial charge < -0.3 is 34.3 Å². The summed E-state index contributed by atoms with van der Waals surface area (Å²) >= 11 is 0. The molecule has 0 saturated carbocycles. The third-order valence-electron chi connectivity index (χ3n) is 6.45. The molecule has 3 rings (SSSR count). The molecule has 0 unspecified atom stereocenters. The van der Waals surface area contributed by atoms with Crippen LogP contribution in [0, 0.1) is 11.8 Å². The fourth-order valence-corrected chi connectivity index (χ4v) is 4.22. The largest absolute Gasteiger partial charge is 0.481 e. The van der Waals surface area contributed by atoms with Gasteiger partial charge in [-0.3, -0.25) is 4.79 Å². The summed E-state index contributed by atoms with van der Waals surface area (Å²) in [7, 11) is 0. The Morgan fingerprint density at radius 2 is 2.03 bits per heavy atom. The van der Waals surface area contributed by atoms with Crippen molar-refractivity contribution in [1.82, 2.24) is 4.98 Å². The summed E-state index contributed by atoms with van der Waals surface area (Å²) in [6.07, 6.45) is 2.48. The van der Waals surface area contributed by atoms with E-state index in [1.54, 1.807) is 19.2 Å². The number of aliphatic hydroxyl groups is 3. The quantitative estimate of drug-likeness (QED) is 0.368. The van der Waals surface area contributed by atoms with Crippen molar-refractivity contribution in [3.8, 4) is 0 Å². The normalized spacial score (nSPS) is 32.5. The zero-order chi connectivity index (χ0) is 23.4. The zero-order valence-electron chi connectivity index (χ0n) is 18.9. The van der Waals surface area contributed by atoms with Gasteiger partial charge >= 0.3 is 5.97 Å². The van der Waals surface area contributed by atoms with E-state index in [-0.39, 0.29) is 30.5 Å². The predicted molar refractivity (Wildman–Crippen MR) is 115 cm³/mol. The number of rotatable bonds is 11. The van der Waals surface area contributed by atoms with E-state index in [1.165, 1.54) is 0 Å². The van der Waals surface area contributed by atoms with Gasteiger partial charge in [0.25, 0.3) is 0 Å². The molecule has 9 heteroatoms. The molecule has 0 spiro atoms. The minimum absolute atomic E-state index is 0.0166. The molecular formula is C23H35NO8. The van der Waals surface area contributed by atoms with Gasteiger partial charge in [0.1, 0.15) is 11.9 Å². The molecule has 32 heavy (non-hydrogen) atoms. The first-order valence-electron chi connectivity index (χ1n) is 11.3. The number of hydrogen-bond acceptors (Lipinski definition) is 8. The number of hydrogen-bond donors (Lipinski definition) is 4. The second-order valence-corrected chi connectivity index (χ2v) is 9.19. The van der Waals surface area contributed by atoms with E-state index in [0.717, 1.165) is 5.57 Å². The third kappa shape index (κ3) is 6.62. The molecule has 180 valence electrons. The van der Waals surface area contributed by atoms with Crippen molar-refractivity contribution >= 4 is 12.0 Å². The van der Waals surface area contributed by atoms with Crippen molar-refractivity contribution < 1.29 is 39.1 Å². The van der Waals surface area contributed by atoms with Gasteiger partial charge in [0.05, 0.1) is 43.3 Å². The monoisotopic (exact) mass is 453 g/mol. The Balaban J connectivity index is 1.47. The van der Waals surface area contributed by atoms with E-state index in [2.05, 4.69) is 4.98 Å². The molecule has 0 radical (unpaired) electrons. The van der Waals surface area contributed by atoms with Crippen molar-refractivity contribution in [3.05, 3.63) is 23.4 Å². The number of aliphatic carboxylic acids is 1. The number of aliphatic hydroxyl groups excluding tert-OH is 3. The number of carboxylic acid groups (broad SMARTS) is 1. The van der Waals surface area contributed by atoms with Gasteiger partial charge in [-0.25, -0.2) is 4.98 Å². The lowest BCUT2D eigenvalue weighted by Gasteiger charge is -2.38. The maximum atomic E-state index is 10.6. The number of nitrogens with zero attached hydrogens (tertiary/aromatic N) is 1. The predicted octanol–water partition coefficient (Wildman–Crippen LogP) is 1.79. The minimum atomic E-state index is -1.01. The maximum Gasteiger partial charge on any atom is 0.303 e. The molecule has 8 atom stereocenters. The molecule has 4 N–H and O–H groups in total. The Labute approximate surface area is 188 Å². The molecule has 3 heterocycles. The van der Waals surface area contributed by atoms with E-state index in [0.29, 0.717) is 43.9 Å². The van der Waals surface area contributed by atoms with Crippen LogP contribution in [0.25, 0.3) is 6.08 Å². The van der Waals surface area contributed by atoms with Crippen LogP contribution in [0.3, 0.4) is 0 Å². The van der Waals surface area contributed by atoms with Gasteiger partial charge in [-0.15, -0.1) is 0 Å². The summed E-state index contributed by atoms with van der Waals surface area (Å²) < 4.78 is 17.2. The average molecular weight is 454 g/mol. The van der Waals surface area contributed by atoms with Crippen molar-refractivity contribution in [3.63, 3.8) is 0 Å². The number of aromatic nitrogens is 1. The minimum Gasteiger partial charge on any atom is -0.481 e. The maximum absolute atomic E-state index is 10.6. The lowest BCUT2D eigenvalue weighted by atomic mass is 9.85. The first-order chi connectivity index (χ1) is 15.2. The van der Waals surface area contributed by atoms with Crippen molar-refractivity contribution in [2.24, 2.45) is 11.8 Å². The SMILES string of the molecule is C/C(=C\c1ncc(CCCC(=O)O)o1)C[C@@H]1OC[C@H](C[C@@H]2O[C@H]2[C@@H](C)[C@H](C)O)[C@@H](O)[C@H]1O. The summed E-state index contributed by atoms with van der Waals surface area (Å²) in [5.41, 5.74) is 0.884. The van der Waals surface area contributed by atoms with Crippen LogP contribution < -0.4 is 0 Å². The highest BCUT2D eigenvalue weighted by Gasteiger charge is 2.48. The number of oxazole rings is 1. The zero-order valence-corrected chi connectivity index (χ0v) is 18.9. The van der Waals surface area contributed by atoms with Crippen LogP contribution in [0.15, 0.2) is 16.2 Å². The summed E-state index contributed by atoms with van der Waals surface area (Å²) in [6, 6.07) is 0. The Morgan fingerprint density at radius 3 is 2.72 bits per heavy atom. The standard InChI is InChI=1S/C23H35NO8/c1-12(8-19-24-10-16(31-19)5-4-6-20(26)27)7-17-22(29)21(28)15(11-30-17)9-18-23(32-18)13(2)14(3)25/h8,10,13-15,17-18,21-23,25,28-29H,4-7,9,11H2,1-3H3,(H,26,27)/b12-8+/t13-,14-,15-,17-,18-,21+,22-,23-/m0/s1. The van der Waals surface area contributed by atoms with E-state index >= 15 is 0 Å². The molecule has 2 aliphatic rings. The Hall–Kier alpha value is -1.78. The van der Waals surface area contributed by atoms with Gasteiger partial charge in [-0.1, -0.05) is 12.5 Å². The highest BCUT2D eigenvalue weighted by atomic mass is 16.6. The van der Waals surface area contributed by atoms with Crippen LogP contribution in [-0.4, -0.2) is 74.6 Å². The van der Waals surface area contributed by atoms with E-state index in [1.807, 2.05) is 13.8 Å². The van der Waals surface area contributed by atoms with Gasteiger partial charge in [-0.05, 0) is 39.2 Å². The number of carboxylic acids is 1. The number of carbonyl (C=O) groups is 1. The van der Waals surface area contributed by atoms with Gasteiger partial charge in [0.2, 0.25) is 5.89 Å². The average Bonchev–Trinajstić information content (AvgIpc) is 3.35. The van der Waals surface area contributed by atoms with Crippen LogP contribution in [0.1, 0.15) is 58.1 Å². The molecule has 2 saturated heterocycles. The third-order valence-corrected chi connectivity index (χ3v) is 6.45. The fourth-order valence-electron chi connectivity index (χ4n) is 4.22. The van der Waals surface area contributed by atoms with Crippen molar-refractivity contribution in [1.29, 1.82) is 0 Å². The Morgan fingerprint density at radius 1 is 1.28 bits per heavy atom. The lowest BCUT2D eigenvalue weighted by molar-refractivity contribution is -0.165. The summed E-state index contributed by atoms with van der Waals surface area (Å²) in [5, 5.41) is 39.6. The number of ether oxygens (including phenoxy) is 2. The molecule has 1 aromatic heterocycles. The molecule has 0 amide bonds. The van der Waals surface area contributed by atoms with E-state index in [4.69, 9.17) is 19.0 Å².